The van der Waals surface area contributed by atoms with Crippen molar-refractivity contribution in [3.8, 4) is 0 Å². The number of aliphatic carboxylic acids is 1. The van der Waals surface area contributed by atoms with Gasteiger partial charge >= 0.3 is 17.9 Å². The van der Waals surface area contributed by atoms with Crippen molar-refractivity contribution in [2.45, 2.75) is 206 Å². The lowest BCUT2D eigenvalue weighted by atomic mass is 10.1. The number of carboxylic acid groups (broad SMARTS) is 1. The summed E-state index contributed by atoms with van der Waals surface area (Å²) in [7, 11) is 5.95. The monoisotopic (exact) mass is 755 g/mol. The van der Waals surface area contributed by atoms with Crippen LogP contribution < -0.4 is 0 Å². The topological polar surface area (TPSA) is 108 Å². The van der Waals surface area contributed by atoms with Crippen LogP contribution in [0.25, 0.3) is 0 Å². The second-order valence-electron chi connectivity index (χ2n) is 16.0. The van der Waals surface area contributed by atoms with Crippen molar-refractivity contribution in [1.82, 2.24) is 0 Å². The maximum absolute atomic E-state index is 12.7. The van der Waals surface area contributed by atoms with E-state index in [0.717, 1.165) is 51.4 Å². The molecule has 0 fully saturated rings. The SMILES string of the molecule is CCCCCCCCC/C=C\CCCCCCCCCC(=O)OC(COC(=O)CCCCCCCCCCCC)COC(OCC[N+](C)(C)C)C(=O)O. The first kappa shape index (κ1) is 51.0. The molecule has 0 heterocycles. The molecule has 0 spiro atoms. The summed E-state index contributed by atoms with van der Waals surface area (Å²) in [5.41, 5.74) is 0. The van der Waals surface area contributed by atoms with Crippen LogP contribution in [-0.2, 0) is 33.3 Å². The van der Waals surface area contributed by atoms with Crippen LogP contribution in [0, 0.1) is 0 Å². The molecule has 2 unspecified atom stereocenters. The standard InChI is InChI=1S/C44H83NO8/c1-6-8-10-12-14-16-18-19-20-21-22-23-24-25-27-29-31-33-35-42(47)53-40(39-52-44(43(48)49)50-37-36-45(3,4)5)38-51-41(46)34-32-30-28-26-17-15-13-11-9-7-2/h20-21,40,44H,6-19,22-39H2,1-5H3/p+1/b21-20-. The summed E-state index contributed by atoms with van der Waals surface area (Å²) in [5.74, 6) is -2.01. The van der Waals surface area contributed by atoms with Gasteiger partial charge in [-0.25, -0.2) is 4.79 Å². The molecule has 0 bridgehead atoms. The fraction of sp³-hybridized carbons (Fsp3) is 0.886. The zero-order valence-corrected chi connectivity index (χ0v) is 35.2. The maximum atomic E-state index is 12.7. The van der Waals surface area contributed by atoms with Crippen molar-refractivity contribution in [1.29, 1.82) is 0 Å². The molecule has 0 aliphatic rings. The predicted molar refractivity (Wildman–Crippen MR) is 217 cm³/mol. The predicted octanol–water partition coefficient (Wildman–Crippen LogP) is 11.1. The number of ether oxygens (including phenoxy) is 4. The Labute approximate surface area is 325 Å². The Bertz CT molecular complexity index is 887. The molecule has 0 aliphatic heterocycles. The molecule has 312 valence electrons. The smallest absolute Gasteiger partial charge is 0.361 e. The fourth-order valence-electron chi connectivity index (χ4n) is 6.07. The first-order chi connectivity index (χ1) is 25.6. The third kappa shape index (κ3) is 38.1. The van der Waals surface area contributed by atoms with E-state index in [2.05, 4.69) is 26.0 Å². The van der Waals surface area contributed by atoms with Gasteiger partial charge in [0.25, 0.3) is 6.29 Å². The quantitative estimate of drug-likeness (QED) is 0.0217. The number of allylic oxidation sites excluding steroid dienone is 2. The lowest BCUT2D eigenvalue weighted by Crippen LogP contribution is -2.40. The first-order valence-corrected chi connectivity index (χ1v) is 21.9. The first-order valence-electron chi connectivity index (χ1n) is 21.9. The van der Waals surface area contributed by atoms with Gasteiger partial charge in [0.05, 0.1) is 34.4 Å². The van der Waals surface area contributed by atoms with E-state index >= 15 is 0 Å². The third-order valence-corrected chi connectivity index (χ3v) is 9.52. The van der Waals surface area contributed by atoms with Crippen LogP contribution in [0.15, 0.2) is 12.2 Å². The summed E-state index contributed by atoms with van der Waals surface area (Å²) in [4.78, 5) is 37.0. The second-order valence-corrected chi connectivity index (χ2v) is 16.0. The summed E-state index contributed by atoms with van der Waals surface area (Å²) >= 11 is 0. The Balaban J connectivity index is 4.41. The average molecular weight is 755 g/mol. The molecule has 0 amide bonds. The van der Waals surface area contributed by atoms with Gasteiger partial charge in [0.15, 0.2) is 6.10 Å². The van der Waals surface area contributed by atoms with E-state index in [9.17, 15) is 19.5 Å². The van der Waals surface area contributed by atoms with Crippen LogP contribution in [0.2, 0.25) is 0 Å². The van der Waals surface area contributed by atoms with Crippen LogP contribution >= 0.6 is 0 Å². The van der Waals surface area contributed by atoms with Gasteiger partial charge < -0.3 is 28.5 Å². The zero-order valence-electron chi connectivity index (χ0n) is 35.2. The van der Waals surface area contributed by atoms with Crippen molar-refractivity contribution in [3.63, 3.8) is 0 Å². The highest BCUT2D eigenvalue weighted by Crippen LogP contribution is 2.14. The van der Waals surface area contributed by atoms with Gasteiger partial charge in [-0.1, -0.05) is 154 Å². The van der Waals surface area contributed by atoms with Crippen molar-refractivity contribution < 1.29 is 42.9 Å². The Morgan fingerprint density at radius 1 is 0.547 bits per heavy atom. The number of carboxylic acids is 1. The van der Waals surface area contributed by atoms with E-state index < -0.39 is 24.3 Å². The van der Waals surface area contributed by atoms with Gasteiger partial charge in [0, 0.05) is 12.8 Å². The third-order valence-electron chi connectivity index (χ3n) is 9.52. The normalized spacial score (nSPS) is 13.0. The number of unbranched alkanes of at least 4 members (excludes halogenated alkanes) is 23. The molecule has 9 nitrogen and oxygen atoms in total. The highest BCUT2D eigenvalue weighted by molar-refractivity contribution is 5.71. The summed E-state index contributed by atoms with van der Waals surface area (Å²) in [6.45, 7) is 4.86. The van der Waals surface area contributed by atoms with E-state index in [0.29, 0.717) is 17.4 Å². The van der Waals surface area contributed by atoms with Crippen LogP contribution in [0.4, 0.5) is 0 Å². The minimum atomic E-state index is -1.50. The molecule has 0 aromatic heterocycles. The van der Waals surface area contributed by atoms with E-state index in [4.69, 9.17) is 18.9 Å². The molecule has 2 atom stereocenters. The molecule has 0 saturated heterocycles. The largest absolute Gasteiger partial charge is 0.477 e. The Morgan fingerprint density at radius 2 is 0.962 bits per heavy atom. The number of carbonyl (C=O) groups excluding carboxylic acids is 2. The number of nitrogens with zero attached hydrogens (tertiary/aromatic N) is 1. The molecule has 1 N–H and O–H groups in total. The lowest BCUT2D eigenvalue weighted by Gasteiger charge is -2.25. The average Bonchev–Trinajstić information content (AvgIpc) is 3.11. The number of hydrogen-bond acceptors (Lipinski definition) is 7. The molecule has 0 aromatic carbocycles. The number of hydrogen-bond donors (Lipinski definition) is 1. The van der Waals surface area contributed by atoms with Gasteiger partial charge in [-0.3, -0.25) is 9.59 Å². The summed E-state index contributed by atoms with van der Waals surface area (Å²) in [6, 6.07) is 0. The highest BCUT2D eigenvalue weighted by atomic mass is 16.7. The van der Waals surface area contributed by atoms with E-state index in [-0.39, 0.29) is 32.2 Å². The second kappa shape index (κ2) is 37.0. The minimum Gasteiger partial charge on any atom is -0.477 e. The van der Waals surface area contributed by atoms with Gasteiger partial charge in [0.2, 0.25) is 0 Å². The molecule has 0 saturated carbocycles. The number of rotatable bonds is 40. The summed E-state index contributed by atoms with van der Waals surface area (Å²) < 4.78 is 22.7. The molecular formula is C44H84NO8+. The van der Waals surface area contributed by atoms with Crippen LogP contribution in [0.5, 0.6) is 0 Å². The number of likely N-dealkylation sites (N-methyl/N-ethyl adjacent to an activating group) is 1. The Morgan fingerprint density at radius 3 is 1.40 bits per heavy atom. The summed E-state index contributed by atoms with van der Waals surface area (Å²) in [6.07, 6.45) is 34.1. The number of esters is 2. The van der Waals surface area contributed by atoms with Crippen LogP contribution in [0.1, 0.15) is 194 Å². The molecule has 0 rings (SSSR count). The molecule has 0 radical (unpaired) electrons. The van der Waals surface area contributed by atoms with Gasteiger partial charge in [-0.05, 0) is 38.5 Å². The number of carbonyl (C=O) groups is 3. The highest BCUT2D eigenvalue weighted by Gasteiger charge is 2.25. The van der Waals surface area contributed by atoms with Gasteiger partial charge in [0.1, 0.15) is 13.2 Å². The van der Waals surface area contributed by atoms with E-state index in [1.165, 1.54) is 116 Å². The van der Waals surface area contributed by atoms with Crippen LogP contribution in [0.3, 0.4) is 0 Å². The van der Waals surface area contributed by atoms with Gasteiger partial charge in [-0.15, -0.1) is 0 Å². The van der Waals surface area contributed by atoms with Crippen molar-refractivity contribution in [2.24, 2.45) is 0 Å². The van der Waals surface area contributed by atoms with Crippen molar-refractivity contribution >= 4 is 17.9 Å². The molecule has 0 aliphatic carbocycles. The summed E-state index contributed by atoms with van der Waals surface area (Å²) in [5, 5.41) is 9.61. The molecule has 0 aromatic rings. The van der Waals surface area contributed by atoms with E-state index in [1.807, 2.05) is 21.1 Å². The lowest BCUT2D eigenvalue weighted by molar-refractivity contribution is -0.870. The Hall–Kier alpha value is -1.97. The fourth-order valence-corrected chi connectivity index (χ4v) is 6.07. The maximum Gasteiger partial charge on any atom is 0.361 e. The molecule has 53 heavy (non-hydrogen) atoms. The van der Waals surface area contributed by atoms with E-state index in [1.54, 1.807) is 0 Å². The van der Waals surface area contributed by atoms with Gasteiger partial charge in [-0.2, -0.15) is 0 Å². The van der Waals surface area contributed by atoms with Crippen molar-refractivity contribution in [3.05, 3.63) is 12.2 Å². The Kier molecular flexibility index (Phi) is 35.6. The molecular weight excluding hydrogens is 670 g/mol. The molecule has 9 heteroatoms. The minimum absolute atomic E-state index is 0.179. The van der Waals surface area contributed by atoms with Crippen LogP contribution in [-0.4, -0.2) is 87.4 Å². The number of quaternary nitrogens is 1. The zero-order chi connectivity index (χ0) is 39.3. The van der Waals surface area contributed by atoms with Crippen molar-refractivity contribution in [2.75, 3.05) is 47.5 Å².